The van der Waals surface area contributed by atoms with Gasteiger partial charge in [-0.3, -0.25) is 19.3 Å². The highest BCUT2D eigenvalue weighted by Gasteiger charge is 2.27. The highest BCUT2D eigenvalue weighted by molar-refractivity contribution is 6.06. The smallest absolute Gasteiger partial charge is 0.265 e. The first-order valence-corrected chi connectivity index (χ1v) is 9.20. The van der Waals surface area contributed by atoms with Crippen LogP contribution in [0.4, 0.5) is 11.4 Å². The first kappa shape index (κ1) is 19.4. The molecule has 0 unspecified atom stereocenters. The fourth-order valence-corrected chi connectivity index (χ4v) is 2.91. The third kappa shape index (κ3) is 4.49. The van der Waals surface area contributed by atoms with Gasteiger partial charge >= 0.3 is 0 Å². The average Bonchev–Trinajstić information content (AvgIpc) is 2.68. The third-order valence-corrected chi connectivity index (χ3v) is 4.31. The Hall–Kier alpha value is -3.35. The van der Waals surface area contributed by atoms with Crippen molar-refractivity contribution in [3.05, 3.63) is 53.6 Å². The van der Waals surface area contributed by atoms with Crippen molar-refractivity contribution in [3.63, 3.8) is 0 Å². The van der Waals surface area contributed by atoms with E-state index in [-0.39, 0.29) is 30.9 Å². The molecule has 0 aromatic heterocycles. The summed E-state index contributed by atoms with van der Waals surface area (Å²) in [5.41, 5.74) is 2.51. The standard InChI is InChI=1S/C21H23N3O4/c1-3-9-22-19(25)12-24-17-11-16(7-8-18(17)28-13-20(24)26)23-21(27)15-6-4-5-14(2)10-15/h4-8,10-11H,3,9,12-13H2,1-2H3,(H,22,25)(H,23,27). The number of fused-ring (bicyclic) bond motifs is 1. The lowest BCUT2D eigenvalue weighted by atomic mass is 10.1. The van der Waals surface area contributed by atoms with Gasteiger partial charge in [-0.15, -0.1) is 0 Å². The number of ether oxygens (including phenoxy) is 1. The molecule has 0 radical (unpaired) electrons. The quantitative estimate of drug-likeness (QED) is 0.805. The van der Waals surface area contributed by atoms with E-state index in [9.17, 15) is 14.4 Å². The minimum atomic E-state index is -0.304. The van der Waals surface area contributed by atoms with E-state index in [1.807, 2.05) is 26.0 Å². The molecule has 0 bridgehead atoms. The molecule has 0 saturated heterocycles. The van der Waals surface area contributed by atoms with Gasteiger partial charge in [0.2, 0.25) is 5.91 Å². The summed E-state index contributed by atoms with van der Waals surface area (Å²) >= 11 is 0. The molecule has 3 rings (SSSR count). The van der Waals surface area contributed by atoms with Gasteiger partial charge in [-0.2, -0.15) is 0 Å². The molecule has 7 nitrogen and oxygen atoms in total. The number of nitrogens with one attached hydrogen (secondary N) is 2. The summed E-state index contributed by atoms with van der Waals surface area (Å²) in [4.78, 5) is 38.3. The van der Waals surface area contributed by atoms with Gasteiger partial charge in [-0.05, 0) is 43.7 Å². The lowest BCUT2D eigenvalue weighted by molar-refractivity contribution is -0.125. The Morgan fingerprint density at radius 2 is 2.00 bits per heavy atom. The molecule has 0 aliphatic carbocycles. The maximum absolute atomic E-state index is 12.5. The number of carbonyl (C=O) groups excluding carboxylic acids is 3. The Labute approximate surface area is 163 Å². The molecule has 2 aromatic rings. The van der Waals surface area contributed by atoms with Crippen molar-refractivity contribution in [1.29, 1.82) is 0 Å². The van der Waals surface area contributed by atoms with Crippen molar-refractivity contribution >= 4 is 29.1 Å². The molecular weight excluding hydrogens is 358 g/mol. The Morgan fingerprint density at radius 1 is 1.18 bits per heavy atom. The molecule has 1 aliphatic rings. The van der Waals surface area contributed by atoms with Gasteiger partial charge in [0.25, 0.3) is 11.8 Å². The highest BCUT2D eigenvalue weighted by atomic mass is 16.5. The van der Waals surface area contributed by atoms with E-state index in [1.54, 1.807) is 30.3 Å². The maximum atomic E-state index is 12.5. The highest BCUT2D eigenvalue weighted by Crippen LogP contribution is 2.34. The average molecular weight is 381 g/mol. The molecule has 2 aromatic carbocycles. The Bertz CT molecular complexity index is 910. The van der Waals surface area contributed by atoms with Crippen molar-refractivity contribution in [2.45, 2.75) is 20.3 Å². The fourth-order valence-electron chi connectivity index (χ4n) is 2.91. The van der Waals surface area contributed by atoms with E-state index >= 15 is 0 Å². The summed E-state index contributed by atoms with van der Waals surface area (Å²) in [6.45, 7) is 4.21. The van der Waals surface area contributed by atoms with Gasteiger partial charge in [-0.25, -0.2) is 0 Å². The summed E-state index contributed by atoms with van der Waals surface area (Å²) in [5, 5.41) is 5.59. The first-order chi connectivity index (χ1) is 13.5. The molecule has 2 N–H and O–H groups in total. The number of rotatable bonds is 6. The van der Waals surface area contributed by atoms with Crippen LogP contribution in [0, 0.1) is 6.92 Å². The van der Waals surface area contributed by atoms with Crippen molar-refractivity contribution in [1.82, 2.24) is 5.32 Å². The number of hydrogen-bond acceptors (Lipinski definition) is 4. The molecule has 0 spiro atoms. The second-order valence-electron chi connectivity index (χ2n) is 6.62. The molecular formula is C21H23N3O4. The summed E-state index contributed by atoms with van der Waals surface area (Å²) in [5.74, 6) is -0.297. The molecule has 3 amide bonds. The van der Waals surface area contributed by atoms with Crippen LogP contribution in [-0.2, 0) is 9.59 Å². The Morgan fingerprint density at radius 3 is 2.75 bits per heavy atom. The first-order valence-electron chi connectivity index (χ1n) is 9.20. The summed E-state index contributed by atoms with van der Waals surface area (Å²) in [6.07, 6.45) is 0.814. The zero-order valence-electron chi connectivity index (χ0n) is 16.0. The second-order valence-corrected chi connectivity index (χ2v) is 6.62. The monoisotopic (exact) mass is 381 g/mol. The molecule has 0 fully saturated rings. The number of anilines is 2. The number of hydrogen-bond donors (Lipinski definition) is 2. The lowest BCUT2D eigenvalue weighted by Gasteiger charge is -2.29. The van der Waals surface area contributed by atoms with Crippen LogP contribution in [0.1, 0.15) is 29.3 Å². The molecule has 146 valence electrons. The molecule has 0 atom stereocenters. The van der Waals surface area contributed by atoms with E-state index in [4.69, 9.17) is 4.74 Å². The fraction of sp³-hybridized carbons (Fsp3) is 0.286. The predicted octanol–water partition coefficient (Wildman–Crippen LogP) is 2.50. The van der Waals surface area contributed by atoms with Crippen LogP contribution in [0.25, 0.3) is 0 Å². The minimum absolute atomic E-state index is 0.0928. The van der Waals surface area contributed by atoms with Crippen LogP contribution in [0.15, 0.2) is 42.5 Å². The van der Waals surface area contributed by atoms with E-state index in [0.29, 0.717) is 29.2 Å². The van der Waals surface area contributed by atoms with Gasteiger partial charge in [-0.1, -0.05) is 24.6 Å². The summed E-state index contributed by atoms with van der Waals surface area (Å²) in [7, 11) is 0. The lowest BCUT2D eigenvalue weighted by Crippen LogP contribution is -2.45. The zero-order chi connectivity index (χ0) is 20.1. The molecule has 7 heteroatoms. The van der Waals surface area contributed by atoms with E-state index in [1.165, 1.54) is 4.90 Å². The van der Waals surface area contributed by atoms with Gasteiger partial charge in [0.1, 0.15) is 12.3 Å². The van der Waals surface area contributed by atoms with Gasteiger partial charge in [0.05, 0.1) is 5.69 Å². The number of amides is 3. The van der Waals surface area contributed by atoms with Gasteiger partial charge in [0.15, 0.2) is 6.61 Å². The number of aryl methyl sites for hydroxylation is 1. The second kappa shape index (κ2) is 8.56. The van der Waals surface area contributed by atoms with E-state index < -0.39 is 0 Å². The Kier molecular flexibility index (Phi) is 5.93. The van der Waals surface area contributed by atoms with E-state index in [0.717, 1.165) is 12.0 Å². The number of carbonyl (C=O) groups is 3. The normalized spacial score (nSPS) is 12.8. The van der Waals surface area contributed by atoms with Crippen molar-refractivity contribution in [2.75, 3.05) is 29.9 Å². The van der Waals surface area contributed by atoms with Crippen molar-refractivity contribution in [3.8, 4) is 5.75 Å². The summed E-state index contributed by atoms with van der Waals surface area (Å²) in [6, 6.07) is 12.3. The molecule has 28 heavy (non-hydrogen) atoms. The Balaban J connectivity index is 1.80. The largest absolute Gasteiger partial charge is 0.482 e. The van der Waals surface area contributed by atoms with E-state index in [2.05, 4.69) is 10.6 Å². The topological polar surface area (TPSA) is 87.7 Å². The zero-order valence-corrected chi connectivity index (χ0v) is 16.0. The van der Waals surface area contributed by atoms with Crippen LogP contribution in [-0.4, -0.2) is 37.4 Å². The van der Waals surface area contributed by atoms with Crippen molar-refractivity contribution in [2.24, 2.45) is 0 Å². The van der Waals surface area contributed by atoms with Gasteiger partial charge < -0.3 is 15.4 Å². The predicted molar refractivity (Wildman–Crippen MR) is 107 cm³/mol. The van der Waals surface area contributed by atoms with Crippen LogP contribution in [0.3, 0.4) is 0 Å². The SMILES string of the molecule is CCCNC(=O)CN1C(=O)COc2ccc(NC(=O)c3cccc(C)c3)cc21. The maximum Gasteiger partial charge on any atom is 0.265 e. The molecule has 1 aliphatic heterocycles. The number of benzene rings is 2. The van der Waals surface area contributed by atoms with Crippen molar-refractivity contribution < 1.29 is 19.1 Å². The minimum Gasteiger partial charge on any atom is -0.482 e. The van der Waals surface area contributed by atoms with Crippen LogP contribution >= 0.6 is 0 Å². The molecule has 1 heterocycles. The van der Waals surface area contributed by atoms with Gasteiger partial charge in [0, 0.05) is 17.8 Å². The van der Waals surface area contributed by atoms with Crippen LogP contribution < -0.4 is 20.3 Å². The summed E-state index contributed by atoms with van der Waals surface area (Å²) < 4.78 is 5.45. The third-order valence-electron chi connectivity index (χ3n) is 4.31. The van der Waals surface area contributed by atoms with Crippen LogP contribution in [0.5, 0.6) is 5.75 Å². The number of nitrogens with zero attached hydrogens (tertiary/aromatic N) is 1. The molecule has 0 saturated carbocycles. The van der Waals surface area contributed by atoms with Crippen LogP contribution in [0.2, 0.25) is 0 Å².